The summed E-state index contributed by atoms with van der Waals surface area (Å²) in [6.07, 6.45) is 30.3. The summed E-state index contributed by atoms with van der Waals surface area (Å²) in [6.45, 7) is 38.7. The van der Waals surface area contributed by atoms with E-state index in [0.717, 1.165) is 41.9 Å². The average Bonchev–Trinajstić information content (AvgIpc) is 3.07. The van der Waals surface area contributed by atoms with Crippen molar-refractivity contribution in [3.63, 3.8) is 0 Å². The maximum absolute atomic E-state index is 4.54. The smallest absolute Gasteiger partial charge is 0.0252 e. The second-order valence-electron chi connectivity index (χ2n) is 6.83. The van der Waals surface area contributed by atoms with Crippen LogP contribution >= 0.6 is 50.5 Å². The van der Waals surface area contributed by atoms with Gasteiger partial charge in [-0.1, -0.05) is 179 Å². The molecule has 0 atom stereocenters. The Morgan fingerprint density at radius 3 is 0.568 bits per heavy atom. The Hall–Kier alpha value is -2.24. The number of hydrogen-bond donors (Lipinski definition) is 4. The minimum absolute atomic E-state index is 0.808. The van der Waals surface area contributed by atoms with Crippen LogP contribution in [0.4, 0.5) is 0 Å². The van der Waals surface area contributed by atoms with Crippen molar-refractivity contribution in [1.82, 2.24) is 0 Å². The van der Waals surface area contributed by atoms with E-state index in [1.54, 1.807) is 24.3 Å². The van der Waals surface area contributed by atoms with Crippen molar-refractivity contribution in [3.8, 4) is 0 Å². The first-order valence-corrected chi connectivity index (χ1v) is 17.1. The zero-order valence-corrected chi connectivity index (χ0v) is 33.4. The van der Waals surface area contributed by atoms with Crippen LogP contribution in [0.2, 0.25) is 0 Å². The Kier molecular flexibility index (Phi) is 55.7. The van der Waals surface area contributed by atoms with Gasteiger partial charge in [-0.3, -0.25) is 0 Å². The summed E-state index contributed by atoms with van der Waals surface area (Å²) < 4.78 is 0. The van der Waals surface area contributed by atoms with Crippen molar-refractivity contribution in [1.29, 1.82) is 0 Å². The predicted molar refractivity (Wildman–Crippen MR) is 228 cm³/mol. The molecule has 0 radical (unpaired) electrons. The van der Waals surface area contributed by atoms with Crippen molar-refractivity contribution in [2.45, 2.75) is 83.1 Å². The molecule has 0 aliphatic carbocycles. The summed E-state index contributed by atoms with van der Waals surface area (Å²) in [5.74, 6) is 0. The quantitative estimate of drug-likeness (QED) is 0.115. The Morgan fingerprint density at radius 1 is 0.341 bits per heavy atom. The van der Waals surface area contributed by atoms with E-state index >= 15 is 0 Å². The maximum atomic E-state index is 4.54. The fourth-order valence-corrected chi connectivity index (χ4v) is 3.74. The van der Waals surface area contributed by atoms with E-state index in [0.29, 0.717) is 0 Å². The number of hydrogen-bond acceptors (Lipinski definition) is 4. The molecule has 0 aliphatic heterocycles. The van der Waals surface area contributed by atoms with Crippen LogP contribution in [0.15, 0.2) is 165 Å². The minimum atomic E-state index is 0.808. The third-order valence-electron chi connectivity index (χ3n) is 4.12. The molecule has 0 aliphatic rings. The highest BCUT2D eigenvalue weighted by Crippen LogP contribution is 2.29. The molecule has 0 aromatic carbocycles. The molecule has 0 amide bonds. The van der Waals surface area contributed by atoms with E-state index in [1.165, 1.54) is 0 Å². The minimum Gasteiger partial charge on any atom is -0.142 e. The largest absolute Gasteiger partial charge is 0.142 e. The molecule has 0 spiro atoms. The summed E-state index contributed by atoms with van der Waals surface area (Å²) in [4.78, 5) is 3.23. The number of rotatable bonds is 12. The summed E-state index contributed by atoms with van der Waals surface area (Å²) in [5.41, 5.74) is 3.89. The van der Waals surface area contributed by atoms with Gasteiger partial charge in [-0.15, -0.1) is 50.5 Å². The van der Waals surface area contributed by atoms with Gasteiger partial charge in [0.05, 0.1) is 0 Å². The molecule has 0 fully saturated rings. The second kappa shape index (κ2) is 45.2. The molecule has 4 heteroatoms. The second-order valence-corrected chi connectivity index (χ2v) is 8.61. The molecule has 0 heterocycles. The maximum Gasteiger partial charge on any atom is 0.0252 e. The number of thiol groups is 4. The Bertz CT molecular complexity index is 891. The first-order chi connectivity index (χ1) is 21.2. The predicted octanol–water partition coefficient (Wildman–Crippen LogP) is 15.0. The van der Waals surface area contributed by atoms with Crippen LogP contribution in [-0.2, 0) is 0 Å². The molecule has 0 bridgehead atoms. The number of allylic oxidation sites excluding steroid dienone is 20. The zero-order chi connectivity index (χ0) is 35.9. The van der Waals surface area contributed by atoms with Gasteiger partial charge in [0.15, 0.2) is 0 Å². The lowest BCUT2D eigenvalue weighted by Gasteiger charge is -2.08. The third-order valence-corrected chi connectivity index (χ3v) is 6.40. The SMILES string of the molecule is C=C/C=C(\C=C/C)C(/S)=C(S)\C(\C=C/C)=C\C=C.C=C/C=C(\C=C/C)C(/S)=C(S)\C(\C=C/C)=C\C=C.CC.CC.CC.CC. The topological polar surface area (TPSA) is 0 Å². The van der Waals surface area contributed by atoms with Crippen LogP contribution in [0.1, 0.15) is 83.1 Å². The lowest BCUT2D eigenvalue weighted by Crippen LogP contribution is -1.87. The van der Waals surface area contributed by atoms with Gasteiger partial charge in [0.25, 0.3) is 0 Å². The monoisotopic (exact) mass is 672 g/mol. The summed E-state index contributed by atoms with van der Waals surface area (Å²) in [6, 6.07) is 0. The molecular weight excluding hydrogens is 609 g/mol. The van der Waals surface area contributed by atoms with Gasteiger partial charge in [-0.05, 0) is 50.0 Å². The van der Waals surface area contributed by atoms with Crippen molar-refractivity contribution < 1.29 is 0 Å². The van der Waals surface area contributed by atoms with E-state index in [9.17, 15) is 0 Å². The van der Waals surface area contributed by atoms with Crippen LogP contribution in [0.25, 0.3) is 0 Å². The molecule has 0 saturated carbocycles. The van der Waals surface area contributed by atoms with E-state index in [4.69, 9.17) is 0 Å². The van der Waals surface area contributed by atoms with Gasteiger partial charge in [0.2, 0.25) is 0 Å². The van der Waals surface area contributed by atoms with Crippen LogP contribution in [0, 0.1) is 0 Å². The molecular formula is C40H64S4. The Balaban J connectivity index is -0.000000133. The van der Waals surface area contributed by atoms with Crippen LogP contribution in [0.5, 0.6) is 0 Å². The molecule has 0 nitrogen and oxygen atoms in total. The Morgan fingerprint density at radius 2 is 0.477 bits per heavy atom. The highest BCUT2D eigenvalue weighted by atomic mass is 32.1. The first kappa shape index (κ1) is 54.3. The molecule has 0 rings (SSSR count). The Labute approximate surface area is 297 Å². The lowest BCUT2D eigenvalue weighted by molar-refractivity contribution is 1.50. The molecule has 0 aromatic heterocycles. The summed E-state index contributed by atoms with van der Waals surface area (Å²) in [5, 5.41) is 0. The summed E-state index contributed by atoms with van der Waals surface area (Å²) >= 11 is 18.2. The third kappa shape index (κ3) is 28.5. The summed E-state index contributed by atoms with van der Waals surface area (Å²) in [7, 11) is 0. The van der Waals surface area contributed by atoms with Gasteiger partial charge >= 0.3 is 0 Å². The highest BCUT2D eigenvalue weighted by molar-refractivity contribution is 7.89. The standard InChI is InChI=1S/2C16H20S2.4C2H6/c2*1-5-9-13(10-6-2)15(17)16(18)14(11-7-3)12-8-4;4*1-2/h2*5-12,17-18H,1,3H2,2,4H3;4*1-2H3/b2*10-6-,12-8-,13-9+,14-11+,16-15-;;;;. The van der Waals surface area contributed by atoms with Gasteiger partial charge in [-0.2, -0.15) is 0 Å². The molecule has 0 saturated heterocycles. The van der Waals surface area contributed by atoms with Gasteiger partial charge in [0, 0.05) is 19.6 Å². The van der Waals surface area contributed by atoms with Crippen molar-refractivity contribution in [3.05, 3.63) is 165 Å². The van der Waals surface area contributed by atoms with Gasteiger partial charge < -0.3 is 0 Å². The fourth-order valence-electron chi connectivity index (χ4n) is 2.63. The van der Waals surface area contributed by atoms with Gasteiger partial charge in [0.1, 0.15) is 0 Å². The normalized spacial score (nSPS) is 12.9. The van der Waals surface area contributed by atoms with Crippen molar-refractivity contribution in [2.75, 3.05) is 0 Å². The fraction of sp³-hybridized carbons (Fsp3) is 0.300. The molecule has 0 aromatic rings. The first-order valence-electron chi connectivity index (χ1n) is 15.3. The lowest BCUT2D eigenvalue weighted by atomic mass is 10.1. The van der Waals surface area contributed by atoms with Crippen LogP contribution in [-0.4, -0.2) is 0 Å². The van der Waals surface area contributed by atoms with E-state index in [-0.39, 0.29) is 0 Å². The van der Waals surface area contributed by atoms with Gasteiger partial charge in [-0.25, -0.2) is 0 Å². The molecule has 248 valence electrons. The van der Waals surface area contributed by atoms with E-state index in [1.807, 2.05) is 156 Å². The molecule has 44 heavy (non-hydrogen) atoms. The van der Waals surface area contributed by atoms with Crippen LogP contribution in [0.3, 0.4) is 0 Å². The zero-order valence-electron chi connectivity index (χ0n) is 29.9. The van der Waals surface area contributed by atoms with E-state index in [2.05, 4.69) is 76.8 Å². The van der Waals surface area contributed by atoms with Crippen LogP contribution < -0.4 is 0 Å². The highest BCUT2D eigenvalue weighted by Gasteiger charge is 2.06. The molecule has 0 unspecified atom stereocenters. The van der Waals surface area contributed by atoms with Crippen molar-refractivity contribution >= 4 is 50.5 Å². The van der Waals surface area contributed by atoms with E-state index < -0.39 is 0 Å². The van der Waals surface area contributed by atoms with Crippen molar-refractivity contribution in [2.24, 2.45) is 0 Å². The molecule has 0 N–H and O–H groups in total. The average molecular weight is 673 g/mol.